The summed E-state index contributed by atoms with van der Waals surface area (Å²) >= 11 is 0. The third kappa shape index (κ3) is 7.29. The van der Waals surface area contributed by atoms with Gasteiger partial charge in [0, 0.05) is 43.8 Å². The van der Waals surface area contributed by atoms with Crippen molar-refractivity contribution in [3.8, 4) is 5.75 Å². The number of phenolic OH excluding ortho intramolecular Hbond substituents is 1. The SMILES string of the molecule is CC1c2nc(CC(=O)NCc3cccnc3)cn2CCN1C(=O)c1cccc(O)c1.O=C(O)C(F)(F)F. The van der Waals surface area contributed by atoms with Gasteiger partial charge in [0.05, 0.1) is 18.2 Å². The summed E-state index contributed by atoms with van der Waals surface area (Å²) in [5.74, 6) is -2.21. The van der Waals surface area contributed by atoms with Gasteiger partial charge in [-0.25, -0.2) is 9.78 Å². The van der Waals surface area contributed by atoms with Crippen molar-refractivity contribution in [1.29, 1.82) is 0 Å². The highest BCUT2D eigenvalue weighted by molar-refractivity contribution is 5.95. The molecule has 37 heavy (non-hydrogen) atoms. The van der Waals surface area contributed by atoms with Crippen LogP contribution in [0.25, 0.3) is 0 Å². The molecular formula is C24H24F3N5O5. The molecule has 1 unspecified atom stereocenters. The number of carboxylic acids is 1. The lowest BCUT2D eigenvalue weighted by Gasteiger charge is -2.33. The maximum absolute atomic E-state index is 12.9. The fraction of sp³-hybridized carbons (Fsp3) is 0.292. The Labute approximate surface area is 209 Å². The van der Waals surface area contributed by atoms with Crippen LogP contribution in [0.2, 0.25) is 0 Å². The van der Waals surface area contributed by atoms with Gasteiger partial charge in [-0.15, -0.1) is 0 Å². The summed E-state index contributed by atoms with van der Waals surface area (Å²) in [6.07, 6.45) is 0.380. The number of pyridine rings is 1. The molecule has 0 fully saturated rings. The highest BCUT2D eigenvalue weighted by atomic mass is 19.4. The van der Waals surface area contributed by atoms with Crippen LogP contribution >= 0.6 is 0 Å². The van der Waals surface area contributed by atoms with Crippen molar-refractivity contribution < 1.29 is 37.8 Å². The fourth-order valence-corrected chi connectivity index (χ4v) is 3.64. The first-order chi connectivity index (χ1) is 17.5. The summed E-state index contributed by atoms with van der Waals surface area (Å²) in [5, 5.41) is 19.7. The Bertz CT molecular complexity index is 1260. The standard InChI is InChI=1S/C22H23N5O3.C2HF3O2/c1-15-21-25-18(11-20(29)24-13-16-4-3-7-23-12-16)14-26(21)8-9-27(15)22(30)17-5-2-6-19(28)10-17;3-2(4,5)1(6)7/h2-7,10,12,14-15,28H,8-9,11,13H2,1H3,(H,24,29);(H,6,7). The number of imidazole rings is 1. The smallest absolute Gasteiger partial charge is 0.490 e. The van der Waals surface area contributed by atoms with E-state index in [1.807, 2.05) is 29.8 Å². The third-order valence-electron chi connectivity index (χ3n) is 5.43. The summed E-state index contributed by atoms with van der Waals surface area (Å²) in [7, 11) is 0. The van der Waals surface area contributed by atoms with Crippen molar-refractivity contribution in [2.45, 2.75) is 38.7 Å². The van der Waals surface area contributed by atoms with E-state index in [4.69, 9.17) is 9.90 Å². The van der Waals surface area contributed by atoms with E-state index in [0.29, 0.717) is 30.9 Å². The van der Waals surface area contributed by atoms with Gasteiger partial charge in [0.15, 0.2) is 0 Å². The molecule has 0 saturated carbocycles. The zero-order valence-electron chi connectivity index (χ0n) is 19.6. The molecule has 4 rings (SSSR count). The van der Waals surface area contributed by atoms with Crippen LogP contribution in [0.3, 0.4) is 0 Å². The second kappa shape index (κ2) is 11.5. The molecule has 13 heteroatoms. The van der Waals surface area contributed by atoms with Gasteiger partial charge in [-0.1, -0.05) is 12.1 Å². The monoisotopic (exact) mass is 519 g/mol. The Morgan fingerprint density at radius 1 is 1.16 bits per heavy atom. The van der Waals surface area contributed by atoms with Crippen LogP contribution in [0, 0.1) is 0 Å². The Morgan fingerprint density at radius 2 is 1.89 bits per heavy atom. The number of hydrogen-bond donors (Lipinski definition) is 3. The molecule has 196 valence electrons. The lowest BCUT2D eigenvalue weighted by atomic mass is 10.1. The molecule has 1 aliphatic rings. The largest absolute Gasteiger partial charge is 0.508 e. The van der Waals surface area contributed by atoms with Crippen molar-refractivity contribution in [3.63, 3.8) is 0 Å². The summed E-state index contributed by atoms with van der Waals surface area (Å²) in [4.78, 5) is 44.5. The normalized spacial score (nSPS) is 14.7. The van der Waals surface area contributed by atoms with E-state index < -0.39 is 12.1 Å². The molecule has 0 saturated heterocycles. The van der Waals surface area contributed by atoms with Gasteiger partial charge in [-0.05, 0) is 36.8 Å². The molecule has 0 aliphatic carbocycles. The number of carbonyl (C=O) groups is 3. The van der Waals surface area contributed by atoms with Crippen molar-refractivity contribution in [3.05, 3.63) is 77.6 Å². The van der Waals surface area contributed by atoms with E-state index >= 15 is 0 Å². The number of amides is 2. The number of benzene rings is 1. The lowest BCUT2D eigenvalue weighted by molar-refractivity contribution is -0.192. The minimum Gasteiger partial charge on any atom is -0.508 e. The predicted molar refractivity (Wildman–Crippen MR) is 123 cm³/mol. The van der Waals surface area contributed by atoms with Crippen LogP contribution in [-0.4, -0.2) is 60.2 Å². The molecule has 2 aromatic heterocycles. The molecule has 10 nitrogen and oxygen atoms in total. The van der Waals surface area contributed by atoms with E-state index in [2.05, 4.69) is 15.3 Å². The number of nitrogens with zero attached hydrogens (tertiary/aromatic N) is 4. The molecule has 3 heterocycles. The van der Waals surface area contributed by atoms with Gasteiger partial charge in [-0.3, -0.25) is 14.6 Å². The van der Waals surface area contributed by atoms with E-state index in [1.165, 1.54) is 12.1 Å². The highest BCUT2D eigenvalue weighted by Gasteiger charge is 2.38. The number of fused-ring (bicyclic) bond motifs is 1. The average Bonchev–Trinajstić information content (AvgIpc) is 3.26. The number of phenols is 1. The maximum atomic E-state index is 12.9. The van der Waals surface area contributed by atoms with Crippen LogP contribution in [0.15, 0.2) is 55.0 Å². The molecule has 3 aromatic rings. The number of carboxylic acid groups (broad SMARTS) is 1. The van der Waals surface area contributed by atoms with Gasteiger partial charge in [0.25, 0.3) is 5.91 Å². The number of alkyl halides is 3. The highest BCUT2D eigenvalue weighted by Crippen LogP contribution is 2.27. The zero-order valence-corrected chi connectivity index (χ0v) is 19.6. The van der Waals surface area contributed by atoms with Crippen LogP contribution < -0.4 is 5.32 Å². The Balaban J connectivity index is 0.000000479. The van der Waals surface area contributed by atoms with Gasteiger partial charge in [-0.2, -0.15) is 13.2 Å². The fourth-order valence-electron chi connectivity index (χ4n) is 3.64. The topological polar surface area (TPSA) is 138 Å². The van der Waals surface area contributed by atoms with Crippen LogP contribution in [0.4, 0.5) is 13.2 Å². The van der Waals surface area contributed by atoms with Crippen molar-refractivity contribution in [2.24, 2.45) is 0 Å². The van der Waals surface area contributed by atoms with Crippen molar-refractivity contribution >= 4 is 17.8 Å². The quantitative estimate of drug-likeness (QED) is 0.471. The summed E-state index contributed by atoms with van der Waals surface area (Å²) in [5.41, 5.74) is 2.05. The third-order valence-corrected chi connectivity index (χ3v) is 5.43. The van der Waals surface area contributed by atoms with Gasteiger partial charge in [0.2, 0.25) is 5.91 Å². The molecular weight excluding hydrogens is 495 g/mol. The van der Waals surface area contributed by atoms with Crippen molar-refractivity contribution in [2.75, 3.05) is 6.54 Å². The van der Waals surface area contributed by atoms with Crippen LogP contribution in [-0.2, 0) is 29.1 Å². The van der Waals surface area contributed by atoms with Gasteiger partial charge < -0.3 is 25.0 Å². The van der Waals surface area contributed by atoms with Crippen LogP contribution in [0.1, 0.15) is 40.4 Å². The zero-order chi connectivity index (χ0) is 27.2. The van der Waals surface area contributed by atoms with Gasteiger partial charge >= 0.3 is 12.1 Å². The average molecular weight is 519 g/mol. The molecule has 2 amide bonds. The van der Waals surface area contributed by atoms with Crippen molar-refractivity contribution in [1.82, 2.24) is 24.8 Å². The first-order valence-electron chi connectivity index (χ1n) is 11.1. The molecule has 3 N–H and O–H groups in total. The van der Waals surface area contributed by atoms with E-state index in [0.717, 1.165) is 11.4 Å². The predicted octanol–water partition coefficient (Wildman–Crippen LogP) is 2.69. The van der Waals surface area contributed by atoms with Gasteiger partial charge in [0.1, 0.15) is 11.6 Å². The minimum absolute atomic E-state index is 0.0617. The lowest BCUT2D eigenvalue weighted by Crippen LogP contribution is -2.41. The second-order valence-corrected chi connectivity index (χ2v) is 8.13. The maximum Gasteiger partial charge on any atom is 0.490 e. The number of aromatic nitrogens is 3. The molecule has 0 bridgehead atoms. The number of carbonyl (C=O) groups excluding carboxylic acids is 2. The van der Waals surface area contributed by atoms with E-state index in [-0.39, 0.29) is 30.0 Å². The molecule has 0 spiro atoms. The molecule has 0 radical (unpaired) electrons. The second-order valence-electron chi connectivity index (χ2n) is 8.13. The summed E-state index contributed by atoms with van der Waals surface area (Å²) in [6.45, 7) is 3.48. The number of aliphatic carboxylic acids is 1. The Morgan fingerprint density at radius 3 is 2.51 bits per heavy atom. The number of aromatic hydroxyl groups is 1. The number of hydrogen-bond acceptors (Lipinski definition) is 6. The first kappa shape index (κ1) is 27.2. The minimum atomic E-state index is -5.08. The molecule has 1 atom stereocenters. The molecule has 1 aromatic carbocycles. The van der Waals surface area contributed by atoms with E-state index in [9.17, 15) is 27.9 Å². The number of rotatable bonds is 5. The first-order valence-corrected chi connectivity index (χ1v) is 11.1. The molecule has 1 aliphatic heterocycles. The Hall–Kier alpha value is -4.42. The van der Waals surface area contributed by atoms with E-state index in [1.54, 1.807) is 29.4 Å². The summed E-state index contributed by atoms with van der Waals surface area (Å²) in [6, 6.07) is 9.84. The Kier molecular flexibility index (Phi) is 8.48. The van der Waals surface area contributed by atoms with Crippen LogP contribution in [0.5, 0.6) is 5.75 Å². The number of nitrogens with one attached hydrogen (secondary N) is 1. The number of halogens is 3. The summed E-state index contributed by atoms with van der Waals surface area (Å²) < 4.78 is 33.7.